The van der Waals surface area contributed by atoms with E-state index in [4.69, 9.17) is 4.43 Å². The van der Waals surface area contributed by atoms with Crippen LogP contribution in [0.1, 0.15) is 33.6 Å². The van der Waals surface area contributed by atoms with Crippen LogP contribution in [0.4, 0.5) is 8.78 Å². The Hall–Kier alpha value is 0.517. The predicted octanol–water partition coefficient (Wildman–Crippen LogP) is 4.78. The highest BCUT2D eigenvalue weighted by Crippen LogP contribution is 2.37. The standard InChI is InChI=1S/C10H21BrF2OSi/c1-9(2,3)15(4,5)14-8-6-7-10(11,12)13/h6-8H2,1-5H3. The Morgan fingerprint density at radius 1 is 1.20 bits per heavy atom. The molecule has 0 aliphatic rings. The maximum Gasteiger partial charge on any atom is 0.301 e. The second-order valence-corrected chi connectivity index (χ2v) is 11.3. The number of alkyl halides is 3. The summed E-state index contributed by atoms with van der Waals surface area (Å²) in [4.78, 5) is -2.75. The summed E-state index contributed by atoms with van der Waals surface area (Å²) in [6.07, 6.45) is 0.229. The maximum atomic E-state index is 12.4. The molecule has 0 rings (SSSR count). The van der Waals surface area contributed by atoms with Gasteiger partial charge in [-0.1, -0.05) is 20.8 Å². The van der Waals surface area contributed by atoms with Crippen molar-refractivity contribution >= 4 is 24.2 Å². The zero-order valence-corrected chi connectivity index (χ0v) is 12.7. The SMILES string of the molecule is CC(C)(C)[Si](C)(C)OCCCC(F)(F)Br. The van der Waals surface area contributed by atoms with Gasteiger partial charge < -0.3 is 4.43 Å². The van der Waals surface area contributed by atoms with Crippen LogP contribution in [0.3, 0.4) is 0 Å². The third-order valence-corrected chi connectivity index (χ3v) is 7.81. The quantitative estimate of drug-likeness (QED) is 0.403. The Morgan fingerprint density at radius 3 is 2.00 bits per heavy atom. The van der Waals surface area contributed by atoms with Crippen molar-refractivity contribution in [2.75, 3.05) is 6.61 Å². The predicted molar refractivity (Wildman–Crippen MR) is 66.3 cm³/mol. The zero-order chi connectivity index (χ0) is 12.3. The largest absolute Gasteiger partial charge is 0.417 e. The lowest BCUT2D eigenvalue weighted by atomic mass is 10.2. The average molecular weight is 303 g/mol. The number of hydrogen-bond acceptors (Lipinski definition) is 1. The molecule has 5 heteroatoms. The molecular formula is C10H21BrF2OSi. The van der Waals surface area contributed by atoms with Gasteiger partial charge in [0, 0.05) is 13.0 Å². The maximum absolute atomic E-state index is 12.4. The molecule has 0 bridgehead atoms. The van der Waals surface area contributed by atoms with Crippen LogP contribution in [-0.2, 0) is 4.43 Å². The molecule has 0 fully saturated rings. The topological polar surface area (TPSA) is 9.23 Å². The first kappa shape index (κ1) is 15.5. The normalized spacial score (nSPS) is 14.4. The highest BCUT2D eigenvalue weighted by Gasteiger charge is 2.37. The van der Waals surface area contributed by atoms with Crippen molar-refractivity contribution in [2.24, 2.45) is 0 Å². The van der Waals surface area contributed by atoms with Gasteiger partial charge in [-0.3, -0.25) is 0 Å². The van der Waals surface area contributed by atoms with Gasteiger partial charge in [0.2, 0.25) is 0 Å². The molecule has 0 aliphatic heterocycles. The molecule has 0 radical (unpaired) electrons. The highest BCUT2D eigenvalue weighted by molar-refractivity contribution is 9.09. The summed E-state index contributed by atoms with van der Waals surface area (Å²) in [5.41, 5.74) is 0. The van der Waals surface area contributed by atoms with Gasteiger partial charge in [-0.15, -0.1) is 0 Å². The summed E-state index contributed by atoms with van der Waals surface area (Å²) in [7, 11) is -1.76. The van der Waals surface area contributed by atoms with Crippen LogP contribution >= 0.6 is 15.9 Å². The first-order valence-electron chi connectivity index (χ1n) is 5.16. The molecule has 0 aromatic carbocycles. The van der Waals surface area contributed by atoms with Gasteiger partial charge in [0.1, 0.15) is 0 Å². The lowest BCUT2D eigenvalue weighted by molar-refractivity contribution is 0.0944. The third-order valence-electron chi connectivity index (χ3n) is 2.87. The van der Waals surface area contributed by atoms with E-state index in [1.165, 1.54) is 0 Å². The van der Waals surface area contributed by atoms with E-state index in [0.717, 1.165) is 0 Å². The minimum Gasteiger partial charge on any atom is -0.417 e. The third kappa shape index (κ3) is 6.63. The summed E-state index contributed by atoms with van der Waals surface area (Å²) in [6, 6.07) is 0. The molecule has 0 N–H and O–H groups in total. The van der Waals surface area contributed by atoms with E-state index in [9.17, 15) is 8.78 Å². The van der Waals surface area contributed by atoms with Gasteiger partial charge in [0.05, 0.1) is 0 Å². The fourth-order valence-electron chi connectivity index (χ4n) is 0.816. The van der Waals surface area contributed by atoms with Gasteiger partial charge in [-0.05, 0) is 40.5 Å². The minimum atomic E-state index is -2.75. The molecule has 0 aromatic rings. The Morgan fingerprint density at radius 2 is 1.67 bits per heavy atom. The van der Waals surface area contributed by atoms with Crippen LogP contribution in [0, 0.1) is 0 Å². The molecular weight excluding hydrogens is 282 g/mol. The molecule has 0 atom stereocenters. The second kappa shape index (κ2) is 5.23. The average Bonchev–Trinajstić information content (AvgIpc) is 1.94. The van der Waals surface area contributed by atoms with E-state index < -0.39 is 13.1 Å². The van der Waals surface area contributed by atoms with Crippen molar-refractivity contribution in [3.8, 4) is 0 Å². The summed E-state index contributed by atoms with van der Waals surface area (Å²) >= 11 is 2.32. The van der Waals surface area contributed by atoms with E-state index in [2.05, 4.69) is 49.8 Å². The molecule has 0 heterocycles. The van der Waals surface area contributed by atoms with Gasteiger partial charge in [0.25, 0.3) is 0 Å². The summed E-state index contributed by atoms with van der Waals surface area (Å²) in [5.74, 6) is 0. The monoisotopic (exact) mass is 302 g/mol. The van der Waals surface area contributed by atoms with Crippen molar-refractivity contribution in [1.29, 1.82) is 0 Å². The molecule has 0 unspecified atom stereocenters. The van der Waals surface area contributed by atoms with E-state index in [-0.39, 0.29) is 11.5 Å². The van der Waals surface area contributed by atoms with Crippen molar-refractivity contribution < 1.29 is 13.2 Å². The lowest BCUT2D eigenvalue weighted by Crippen LogP contribution is -2.41. The first-order valence-corrected chi connectivity index (χ1v) is 8.86. The Balaban J connectivity index is 3.87. The van der Waals surface area contributed by atoms with Crippen molar-refractivity contribution in [1.82, 2.24) is 0 Å². The fourth-order valence-corrected chi connectivity index (χ4v) is 2.18. The molecule has 0 saturated heterocycles. The van der Waals surface area contributed by atoms with Crippen LogP contribution in [0.15, 0.2) is 0 Å². The van der Waals surface area contributed by atoms with Gasteiger partial charge >= 0.3 is 4.83 Å². The van der Waals surface area contributed by atoms with Crippen molar-refractivity contribution in [3.05, 3.63) is 0 Å². The summed E-state index contributed by atoms with van der Waals surface area (Å²) in [6.45, 7) is 11.1. The first-order chi connectivity index (χ1) is 6.46. The molecule has 1 nitrogen and oxygen atoms in total. The smallest absolute Gasteiger partial charge is 0.301 e. The van der Waals surface area contributed by atoms with Gasteiger partial charge in [-0.25, -0.2) is 0 Å². The molecule has 0 saturated carbocycles. The molecule has 0 amide bonds. The Labute approximate surface area is 101 Å². The van der Waals surface area contributed by atoms with E-state index in [1.54, 1.807) is 0 Å². The van der Waals surface area contributed by atoms with Crippen LogP contribution < -0.4 is 0 Å². The van der Waals surface area contributed by atoms with Crippen LogP contribution in [0.2, 0.25) is 18.1 Å². The second-order valence-electron chi connectivity index (χ2n) is 5.33. The minimum absolute atomic E-state index is 0.143. The number of rotatable bonds is 5. The van der Waals surface area contributed by atoms with Crippen LogP contribution in [0.5, 0.6) is 0 Å². The number of hydrogen-bond donors (Lipinski definition) is 0. The molecule has 0 spiro atoms. The van der Waals surface area contributed by atoms with Crippen LogP contribution in [0.25, 0.3) is 0 Å². The molecule has 0 aliphatic carbocycles. The lowest BCUT2D eigenvalue weighted by Gasteiger charge is -2.36. The highest BCUT2D eigenvalue weighted by atomic mass is 79.9. The zero-order valence-electron chi connectivity index (χ0n) is 10.2. The molecule has 15 heavy (non-hydrogen) atoms. The number of halogens is 3. The van der Waals surface area contributed by atoms with Gasteiger partial charge in [-0.2, -0.15) is 8.78 Å². The Kier molecular flexibility index (Phi) is 5.41. The molecule has 0 aromatic heterocycles. The molecule has 92 valence electrons. The van der Waals surface area contributed by atoms with E-state index >= 15 is 0 Å². The summed E-state index contributed by atoms with van der Waals surface area (Å²) < 4.78 is 30.7. The van der Waals surface area contributed by atoms with E-state index in [0.29, 0.717) is 13.0 Å². The van der Waals surface area contributed by atoms with Crippen molar-refractivity contribution in [3.63, 3.8) is 0 Å². The van der Waals surface area contributed by atoms with E-state index in [1.807, 2.05) is 0 Å². The van der Waals surface area contributed by atoms with Crippen LogP contribution in [-0.4, -0.2) is 19.8 Å². The van der Waals surface area contributed by atoms with Crippen molar-refractivity contribution in [2.45, 2.75) is 56.6 Å². The van der Waals surface area contributed by atoms with Gasteiger partial charge in [0.15, 0.2) is 8.32 Å². The fraction of sp³-hybridized carbons (Fsp3) is 1.00. The summed E-state index contributed by atoms with van der Waals surface area (Å²) in [5, 5.41) is 0.143. The Bertz CT molecular complexity index is 197.